The van der Waals surface area contributed by atoms with E-state index >= 15 is 0 Å². The number of fused-ring (bicyclic) bond motifs is 1. The molecule has 1 aromatic rings. The molecule has 0 aromatic carbocycles. The van der Waals surface area contributed by atoms with E-state index in [2.05, 4.69) is 24.9 Å². The van der Waals surface area contributed by atoms with E-state index in [1.54, 1.807) is 0 Å². The van der Waals surface area contributed by atoms with Gasteiger partial charge in [-0.2, -0.15) is 0 Å². The Kier molecular flexibility index (Phi) is 1.81. The summed E-state index contributed by atoms with van der Waals surface area (Å²) < 4.78 is 1.45. The van der Waals surface area contributed by atoms with Crippen LogP contribution in [0.15, 0.2) is 22.2 Å². The van der Waals surface area contributed by atoms with Crippen molar-refractivity contribution in [2.75, 3.05) is 0 Å². The highest BCUT2D eigenvalue weighted by Crippen LogP contribution is 2.43. The SMILES string of the molecule is C=C1CC(C)Sc2sccc21. The molecule has 0 nitrogen and oxygen atoms in total. The zero-order valence-electron chi connectivity index (χ0n) is 6.46. The van der Waals surface area contributed by atoms with Gasteiger partial charge in [-0.1, -0.05) is 13.5 Å². The quantitative estimate of drug-likeness (QED) is 0.590. The van der Waals surface area contributed by atoms with E-state index < -0.39 is 0 Å². The van der Waals surface area contributed by atoms with Gasteiger partial charge in [0.05, 0.1) is 4.21 Å². The normalized spacial score (nSPS) is 23.4. The van der Waals surface area contributed by atoms with Crippen molar-refractivity contribution in [3.63, 3.8) is 0 Å². The van der Waals surface area contributed by atoms with Gasteiger partial charge >= 0.3 is 0 Å². The lowest BCUT2D eigenvalue weighted by molar-refractivity contribution is 0.983. The summed E-state index contributed by atoms with van der Waals surface area (Å²) in [6, 6.07) is 2.18. The predicted octanol–water partition coefficient (Wildman–Crippen LogP) is 3.65. The summed E-state index contributed by atoms with van der Waals surface area (Å²) >= 11 is 3.81. The first-order chi connectivity index (χ1) is 5.27. The lowest BCUT2D eigenvalue weighted by Gasteiger charge is -2.19. The van der Waals surface area contributed by atoms with Crippen LogP contribution in [0.4, 0.5) is 0 Å². The molecule has 0 saturated heterocycles. The smallest absolute Gasteiger partial charge is 0.0676 e. The maximum absolute atomic E-state index is 4.07. The van der Waals surface area contributed by atoms with Crippen molar-refractivity contribution >= 4 is 28.7 Å². The molecular formula is C9H10S2. The van der Waals surface area contributed by atoms with Gasteiger partial charge in [0.1, 0.15) is 0 Å². The van der Waals surface area contributed by atoms with Crippen LogP contribution in [0.5, 0.6) is 0 Å². The third-order valence-corrected chi connectivity index (χ3v) is 4.14. The highest BCUT2D eigenvalue weighted by molar-refractivity contribution is 8.01. The van der Waals surface area contributed by atoms with Gasteiger partial charge in [-0.05, 0) is 23.4 Å². The maximum Gasteiger partial charge on any atom is 0.0676 e. The second-order valence-corrected chi connectivity index (χ2v) is 5.48. The van der Waals surface area contributed by atoms with Crippen LogP contribution >= 0.6 is 23.1 Å². The van der Waals surface area contributed by atoms with Gasteiger partial charge in [0.15, 0.2) is 0 Å². The predicted molar refractivity (Wildman–Crippen MR) is 53.3 cm³/mol. The summed E-state index contributed by atoms with van der Waals surface area (Å²) in [6.45, 7) is 6.33. The topological polar surface area (TPSA) is 0 Å². The van der Waals surface area contributed by atoms with Crippen LogP contribution in [0.1, 0.15) is 18.9 Å². The number of allylic oxidation sites excluding steroid dienone is 1. The Bertz CT molecular complexity index is 286. The molecule has 0 amide bonds. The van der Waals surface area contributed by atoms with E-state index in [1.807, 2.05) is 23.1 Å². The van der Waals surface area contributed by atoms with Crippen LogP contribution in [-0.2, 0) is 0 Å². The highest BCUT2D eigenvalue weighted by Gasteiger charge is 2.19. The fourth-order valence-corrected chi connectivity index (χ4v) is 3.87. The molecule has 0 spiro atoms. The molecule has 1 atom stereocenters. The molecule has 0 fully saturated rings. The molecule has 1 aliphatic rings. The molecule has 2 rings (SSSR count). The van der Waals surface area contributed by atoms with Gasteiger partial charge in [0.2, 0.25) is 0 Å². The minimum absolute atomic E-state index is 0.716. The summed E-state index contributed by atoms with van der Waals surface area (Å²) in [4.78, 5) is 0. The molecule has 0 aliphatic carbocycles. The van der Waals surface area contributed by atoms with Crippen LogP contribution in [-0.4, -0.2) is 5.25 Å². The number of hydrogen-bond acceptors (Lipinski definition) is 2. The van der Waals surface area contributed by atoms with E-state index in [0.29, 0.717) is 5.25 Å². The molecule has 1 aromatic heterocycles. The molecule has 0 saturated carbocycles. The molecule has 2 heteroatoms. The molecule has 11 heavy (non-hydrogen) atoms. The summed E-state index contributed by atoms with van der Waals surface area (Å²) in [7, 11) is 0. The average Bonchev–Trinajstić information content (AvgIpc) is 2.34. The fourth-order valence-electron chi connectivity index (χ4n) is 1.33. The maximum atomic E-state index is 4.07. The van der Waals surface area contributed by atoms with Crippen molar-refractivity contribution in [1.82, 2.24) is 0 Å². The van der Waals surface area contributed by atoms with Gasteiger partial charge < -0.3 is 0 Å². The van der Waals surface area contributed by atoms with Crippen LogP contribution in [0.3, 0.4) is 0 Å². The molecular weight excluding hydrogens is 172 g/mol. The van der Waals surface area contributed by atoms with Gasteiger partial charge in [0.25, 0.3) is 0 Å². The largest absolute Gasteiger partial charge is 0.137 e. The molecule has 0 N–H and O–H groups in total. The van der Waals surface area contributed by atoms with E-state index in [0.717, 1.165) is 6.42 Å². The van der Waals surface area contributed by atoms with E-state index in [9.17, 15) is 0 Å². The molecule has 1 unspecified atom stereocenters. The van der Waals surface area contributed by atoms with E-state index in [4.69, 9.17) is 0 Å². The summed E-state index contributed by atoms with van der Waals surface area (Å²) in [5.41, 5.74) is 2.70. The highest BCUT2D eigenvalue weighted by atomic mass is 32.2. The summed E-state index contributed by atoms with van der Waals surface area (Å²) in [6.07, 6.45) is 1.15. The Morgan fingerprint density at radius 3 is 3.27 bits per heavy atom. The number of rotatable bonds is 0. The third kappa shape index (κ3) is 1.25. The van der Waals surface area contributed by atoms with Crippen molar-refractivity contribution in [2.45, 2.75) is 22.8 Å². The second-order valence-electron chi connectivity index (χ2n) is 2.86. The lowest BCUT2D eigenvalue weighted by atomic mass is 10.1. The summed E-state index contributed by atoms with van der Waals surface area (Å²) in [5, 5.41) is 2.87. The first-order valence-electron chi connectivity index (χ1n) is 3.69. The standard InChI is InChI=1S/C9H10S2/c1-6-5-7(2)11-9-8(6)3-4-10-9/h3-4,7H,1,5H2,2H3. The molecule has 58 valence electrons. The first kappa shape index (κ1) is 7.44. The van der Waals surface area contributed by atoms with Crippen molar-refractivity contribution in [2.24, 2.45) is 0 Å². The van der Waals surface area contributed by atoms with Gasteiger partial charge in [-0.15, -0.1) is 23.1 Å². The van der Waals surface area contributed by atoms with E-state index in [1.165, 1.54) is 15.3 Å². The van der Waals surface area contributed by atoms with Crippen LogP contribution in [0, 0.1) is 0 Å². The molecule has 0 bridgehead atoms. The van der Waals surface area contributed by atoms with Crippen molar-refractivity contribution in [1.29, 1.82) is 0 Å². The Morgan fingerprint density at radius 2 is 2.45 bits per heavy atom. The number of thioether (sulfide) groups is 1. The lowest BCUT2D eigenvalue weighted by Crippen LogP contribution is -2.02. The molecule has 0 radical (unpaired) electrons. The Labute approximate surface area is 75.3 Å². The van der Waals surface area contributed by atoms with Gasteiger partial charge in [-0.25, -0.2) is 0 Å². The van der Waals surface area contributed by atoms with Crippen molar-refractivity contribution in [3.8, 4) is 0 Å². The van der Waals surface area contributed by atoms with Crippen LogP contribution in [0.2, 0.25) is 0 Å². The first-order valence-corrected chi connectivity index (χ1v) is 5.45. The zero-order chi connectivity index (χ0) is 7.84. The van der Waals surface area contributed by atoms with Crippen LogP contribution < -0.4 is 0 Å². The Morgan fingerprint density at radius 1 is 1.64 bits per heavy atom. The monoisotopic (exact) mass is 182 g/mol. The molecule has 1 aliphatic heterocycles. The van der Waals surface area contributed by atoms with E-state index in [-0.39, 0.29) is 0 Å². The second kappa shape index (κ2) is 2.68. The average molecular weight is 182 g/mol. The Balaban J connectivity index is 2.44. The molecule has 2 heterocycles. The zero-order valence-corrected chi connectivity index (χ0v) is 8.10. The van der Waals surface area contributed by atoms with Crippen molar-refractivity contribution in [3.05, 3.63) is 23.6 Å². The van der Waals surface area contributed by atoms with Crippen LogP contribution in [0.25, 0.3) is 5.57 Å². The summed E-state index contributed by atoms with van der Waals surface area (Å²) in [5.74, 6) is 0. The minimum Gasteiger partial charge on any atom is -0.137 e. The third-order valence-electron chi connectivity index (χ3n) is 1.85. The number of thiophene rings is 1. The number of hydrogen-bond donors (Lipinski definition) is 0. The van der Waals surface area contributed by atoms with Gasteiger partial charge in [0, 0.05) is 10.8 Å². The van der Waals surface area contributed by atoms with Crippen molar-refractivity contribution < 1.29 is 0 Å². The van der Waals surface area contributed by atoms with Gasteiger partial charge in [-0.3, -0.25) is 0 Å². The Hall–Kier alpha value is -0.210. The fraction of sp³-hybridized carbons (Fsp3) is 0.333. The minimum atomic E-state index is 0.716.